The first-order valence-corrected chi connectivity index (χ1v) is 7.01. The highest BCUT2D eigenvalue weighted by Crippen LogP contribution is 2.44. The van der Waals surface area contributed by atoms with Crippen molar-refractivity contribution in [2.75, 3.05) is 14.2 Å². The fourth-order valence-corrected chi connectivity index (χ4v) is 2.78. The third-order valence-corrected chi connectivity index (χ3v) is 4.89. The summed E-state index contributed by atoms with van der Waals surface area (Å²) in [5.74, 6) is 1.53. The first-order chi connectivity index (χ1) is 8.98. The van der Waals surface area contributed by atoms with Crippen molar-refractivity contribution in [1.82, 2.24) is 5.32 Å². The normalized spacial score (nSPS) is 24.7. The molecule has 1 aromatic carbocycles. The zero-order valence-electron chi connectivity index (χ0n) is 12.0. The van der Waals surface area contributed by atoms with Crippen molar-refractivity contribution < 1.29 is 9.47 Å². The van der Waals surface area contributed by atoms with Crippen LogP contribution in [0.15, 0.2) is 18.2 Å². The van der Waals surface area contributed by atoms with Gasteiger partial charge in [-0.1, -0.05) is 19.9 Å². The summed E-state index contributed by atoms with van der Waals surface area (Å²) in [6, 6.07) is 6.48. The van der Waals surface area contributed by atoms with E-state index in [-0.39, 0.29) is 10.8 Å². The lowest BCUT2D eigenvalue weighted by Gasteiger charge is -2.49. The predicted octanol–water partition coefficient (Wildman–Crippen LogP) is 3.20. The van der Waals surface area contributed by atoms with E-state index in [1.807, 2.05) is 12.1 Å². The van der Waals surface area contributed by atoms with Gasteiger partial charge in [-0.2, -0.15) is 0 Å². The molecule has 0 bridgehead atoms. The zero-order chi connectivity index (χ0) is 14.0. The Bertz CT molecular complexity index is 448. The van der Waals surface area contributed by atoms with Gasteiger partial charge in [-0.05, 0) is 29.5 Å². The molecule has 0 heterocycles. The molecule has 2 atom stereocenters. The van der Waals surface area contributed by atoms with Crippen LogP contribution in [0, 0.1) is 5.41 Å². The quantitative estimate of drug-likeness (QED) is 0.842. The Morgan fingerprint density at radius 2 is 1.95 bits per heavy atom. The minimum absolute atomic E-state index is 0.165. The minimum Gasteiger partial charge on any atom is -0.493 e. The van der Waals surface area contributed by atoms with Gasteiger partial charge in [0.1, 0.15) is 0 Å². The molecule has 1 aliphatic carbocycles. The van der Waals surface area contributed by atoms with E-state index in [9.17, 15) is 0 Å². The number of hydrogen-bond donors (Lipinski definition) is 1. The number of nitrogens with one attached hydrogen (secondary N) is 1. The molecule has 0 saturated heterocycles. The molecule has 0 amide bonds. The van der Waals surface area contributed by atoms with Gasteiger partial charge in [0.2, 0.25) is 0 Å². The Labute approximate surface area is 120 Å². The van der Waals surface area contributed by atoms with Gasteiger partial charge in [0, 0.05) is 18.0 Å². The molecule has 1 aliphatic rings. The van der Waals surface area contributed by atoms with Crippen LogP contribution >= 0.6 is 11.6 Å². The average molecular weight is 284 g/mol. The molecule has 0 aromatic heterocycles. The molecular formula is C15H22ClNO2. The predicted molar refractivity (Wildman–Crippen MR) is 78.2 cm³/mol. The summed E-state index contributed by atoms with van der Waals surface area (Å²) in [5.41, 5.74) is 1.35. The topological polar surface area (TPSA) is 30.5 Å². The fraction of sp³-hybridized carbons (Fsp3) is 0.600. The van der Waals surface area contributed by atoms with Crippen molar-refractivity contribution >= 4 is 11.6 Å². The van der Waals surface area contributed by atoms with Gasteiger partial charge in [0.15, 0.2) is 11.5 Å². The van der Waals surface area contributed by atoms with Crippen LogP contribution in [0.3, 0.4) is 0 Å². The second kappa shape index (κ2) is 5.59. The van der Waals surface area contributed by atoms with Crippen LogP contribution < -0.4 is 14.8 Å². The van der Waals surface area contributed by atoms with E-state index >= 15 is 0 Å². The molecular weight excluding hydrogens is 262 g/mol. The van der Waals surface area contributed by atoms with Crippen LogP contribution in [0.2, 0.25) is 0 Å². The van der Waals surface area contributed by atoms with Crippen molar-refractivity contribution in [1.29, 1.82) is 0 Å². The number of halogens is 1. The summed E-state index contributed by atoms with van der Waals surface area (Å²) < 4.78 is 10.5. The van der Waals surface area contributed by atoms with E-state index < -0.39 is 0 Å². The number of methoxy groups -OCH3 is 2. The van der Waals surface area contributed by atoms with E-state index in [1.54, 1.807) is 14.2 Å². The molecule has 0 spiro atoms. The molecule has 2 rings (SSSR count). The van der Waals surface area contributed by atoms with Crippen LogP contribution in [0.4, 0.5) is 0 Å². The highest BCUT2D eigenvalue weighted by atomic mass is 35.5. The third kappa shape index (κ3) is 2.82. The van der Waals surface area contributed by atoms with Gasteiger partial charge in [-0.3, -0.25) is 0 Å². The average Bonchev–Trinajstić information content (AvgIpc) is 2.42. The molecule has 1 N–H and O–H groups in total. The van der Waals surface area contributed by atoms with Crippen molar-refractivity contribution in [2.24, 2.45) is 5.41 Å². The van der Waals surface area contributed by atoms with Crippen molar-refractivity contribution in [3.05, 3.63) is 23.8 Å². The van der Waals surface area contributed by atoms with Gasteiger partial charge in [0.25, 0.3) is 0 Å². The third-order valence-electron chi connectivity index (χ3n) is 4.15. The SMILES string of the molecule is COc1ccc(CNC2CC(Cl)C2(C)C)cc1OC. The van der Waals surface area contributed by atoms with Gasteiger partial charge >= 0.3 is 0 Å². The Balaban J connectivity index is 1.97. The van der Waals surface area contributed by atoms with Crippen molar-refractivity contribution in [3.8, 4) is 11.5 Å². The van der Waals surface area contributed by atoms with E-state index in [4.69, 9.17) is 21.1 Å². The molecule has 1 fully saturated rings. The summed E-state index contributed by atoms with van der Waals surface area (Å²) in [6.07, 6.45) is 1.03. The highest BCUT2D eigenvalue weighted by Gasteiger charge is 2.46. The van der Waals surface area contributed by atoms with Gasteiger partial charge in [-0.15, -0.1) is 11.6 Å². The lowest BCUT2D eigenvalue weighted by molar-refractivity contribution is 0.115. The molecule has 3 nitrogen and oxygen atoms in total. The Morgan fingerprint density at radius 1 is 1.26 bits per heavy atom. The maximum Gasteiger partial charge on any atom is 0.161 e. The van der Waals surface area contributed by atoms with Crippen LogP contribution in [0.25, 0.3) is 0 Å². The van der Waals surface area contributed by atoms with E-state index in [0.29, 0.717) is 6.04 Å². The molecule has 19 heavy (non-hydrogen) atoms. The summed E-state index contributed by atoms with van der Waals surface area (Å²) in [5, 5.41) is 3.84. The minimum atomic E-state index is 0.165. The fourth-order valence-electron chi connectivity index (χ4n) is 2.45. The molecule has 1 aromatic rings. The number of alkyl halides is 1. The van der Waals surface area contributed by atoms with Crippen molar-refractivity contribution in [3.63, 3.8) is 0 Å². The maximum atomic E-state index is 6.23. The molecule has 4 heteroatoms. The zero-order valence-corrected chi connectivity index (χ0v) is 12.8. The molecule has 106 valence electrons. The monoisotopic (exact) mass is 283 g/mol. The van der Waals surface area contributed by atoms with Gasteiger partial charge < -0.3 is 14.8 Å². The lowest BCUT2D eigenvalue weighted by Crippen LogP contribution is -2.57. The van der Waals surface area contributed by atoms with Crippen molar-refractivity contribution in [2.45, 2.75) is 38.2 Å². The van der Waals surface area contributed by atoms with Crippen LogP contribution in [0.5, 0.6) is 11.5 Å². The second-order valence-electron chi connectivity index (χ2n) is 5.65. The Morgan fingerprint density at radius 3 is 2.47 bits per heavy atom. The van der Waals surface area contributed by atoms with Crippen LogP contribution in [-0.4, -0.2) is 25.6 Å². The van der Waals surface area contributed by atoms with E-state index in [1.165, 1.54) is 5.56 Å². The second-order valence-corrected chi connectivity index (χ2v) is 6.17. The standard InChI is InChI=1S/C15H22ClNO2/c1-15(2)13(16)8-14(15)17-9-10-5-6-11(18-3)12(7-10)19-4/h5-7,13-14,17H,8-9H2,1-4H3. The Kier molecular flexibility index (Phi) is 4.26. The molecule has 2 unspecified atom stereocenters. The number of hydrogen-bond acceptors (Lipinski definition) is 3. The number of rotatable bonds is 5. The van der Waals surface area contributed by atoms with Gasteiger partial charge in [0.05, 0.1) is 14.2 Å². The first-order valence-electron chi connectivity index (χ1n) is 6.57. The van der Waals surface area contributed by atoms with Gasteiger partial charge in [-0.25, -0.2) is 0 Å². The summed E-state index contributed by atoms with van der Waals surface area (Å²) in [4.78, 5) is 0. The van der Waals surface area contributed by atoms with E-state index in [2.05, 4.69) is 25.2 Å². The molecule has 0 radical (unpaired) electrons. The Hall–Kier alpha value is -0.930. The van der Waals surface area contributed by atoms with Crippen LogP contribution in [-0.2, 0) is 6.54 Å². The molecule has 0 aliphatic heterocycles. The van der Waals surface area contributed by atoms with Crippen LogP contribution in [0.1, 0.15) is 25.8 Å². The van der Waals surface area contributed by atoms with E-state index in [0.717, 1.165) is 24.5 Å². The number of ether oxygens (including phenoxy) is 2. The summed E-state index contributed by atoms with van der Waals surface area (Å²) >= 11 is 6.23. The highest BCUT2D eigenvalue weighted by molar-refractivity contribution is 6.21. The maximum absolute atomic E-state index is 6.23. The summed E-state index contributed by atoms with van der Waals surface area (Å²) in [6.45, 7) is 5.24. The smallest absolute Gasteiger partial charge is 0.161 e. The largest absolute Gasteiger partial charge is 0.493 e. The first kappa shape index (κ1) is 14.5. The lowest BCUT2D eigenvalue weighted by atomic mass is 9.67. The number of benzene rings is 1. The summed E-state index contributed by atoms with van der Waals surface area (Å²) in [7, 11) is 3.30. The molecule has 1 saturated carbocycles.